The van der Waals surface area contributed by atoms with Gasteiger partial charge in [0.2, 0.25) is 10.0 Å². The molecule has 0 atom stereocenters. The lowest BCUT2D eigenvalue weighted by molar-refractivity contribution is 0.00838. The summed E-state index contributed by atoms with van der Waals surface area (Å²) in [5, 5.41) is 0. The Bertz CT molecular complexity index is 696. The molecule has 27 heavy (non-hydrogen) atoms. The molecule has 152 valence electrons. The van der Waals surface area contributed by atoms with Crippen LogP contribution < -0.4 is 5.73 Å². The van der Waals surface area contributed by atoms with Crippen LogP contribution in [0.25, 0.3) is 0 Å². The van der Waals surface area contributed by atoms with E-state index >= 15 is 0 Å². The van der Waals surface area contributed by atoms with Gasteiger partial charge in [-0.15, -0.1) is 0 Å². The molecule has 6 nitrogen and oxygen atoms in total. The molecule has 0 amide bonds. The van der Waals surface area contributed by atoms with Gasteiger partial charge in [-0.3, -0.25) is 4.90 Å². The second-order valence-corrected chi connectivity index (χ2v) is 9.37. The van der Waals surface area contributed by atoms with Gasteiger partial charge in [-0.1, -0.05) is 25.1 Å². The zero-order chi connectivity index (χ0) is 19.3. The van der Waals surface area contributed by atoms with E-state index in [4.69, 9.17) is 10.5 Å². The molecule has 2 aliphatic rings. The van der Waals surface area contributed by atoms with Gasteiger partial charge in [-0.2, -0.15) is 4.31 Å². The Hall–Kier alpha value is -0.990. The number of nitrogens with zero attached hydrogens (tertiary/aromatic N) is 2. The average molecular weight is 396 g/mol. The molecule has 2 N–H and O–H groups in total. The predicted octanol–water partition coefficient (Wildman–Crippen LogP) is 1.84. The fourth-order valence-corrected chi connectivity index (χ4v) is 6.19. The number of ether oxygens (including phenoxy) is 1. The third-order valence-corrected chi connectivity index (χ3v) is 7.91. The molecule has 2 heterocycles. The molecule has 1 aromatic rings. The molecule has 7 heteroatoms. The molecule has 2 saturated heterocycles. The van der Waals surface area contributed by atoms with Crippen LogP contribution in [-0.4, -0.2) is 69.1 Å². The Morgan fingerprint density at radius 2 is 1.74 bits per heavy atom. The van der Waals surface area contributed by atoms with Crippen molar-refractivity contribution in [3.63, 3.8) is 0 Å². The summed E-state index contributed by atoms with van der Waals surface area (Å²) >= 11 is 0. The second-order valence-electron chi connectivity index (χ2n) is 7.47. The van der Waals surface area contributed by atoms with E-state index in [0.717, 1.165) is 57.4 Å². The van der Waals surface area contributed by atoms with Crippen LogP contribution in [-0.2, 0) is 21.2 Å². The van der Waals surface area contributed by atoms with E-state index in [1.54, 1.807) is 10.4 Å². The highest BCUT2D eigenvalue weighted by Crippen LogP contribution is 2.28. The Balaban J connectivity index is 1.68. The minimum absolute atomic E-state index is 0.407. The summed E-state index contributed by atoms with van der Waals surface area (Å²) in [6.07, 6.45) is 4.54. The van der Waals surface area contributed by atoms with Crippen molar-refractivity contribution in [2.45, 2.75) is 56.0 Å². The van der Waals surface area contributed by atoms with Crippen LogP contribution in [0.2, 0.25) is 0 Å². The SMILES string of the molecule is CCc1ccccc1S(=O)(=O)N1CCC(N(CCN)C2CCOCC2)CC1. The van der Waals surface area contributed by atoms with Gasteiger partial charge < -0.3 is 10.5 Å². The first-order chi connectivity index (χ1) is 13.1. The molecule has 0 aliphatic carbocycles. The van der Waals surface area contributed by atoms with Crippen molar-refractivity contribution in [3.8, 4) is 0 Å². The van der Waals surface area contributed by atoms with Crippen molar-refractivity contribution in [3.05, 3.63) is 29.8 Å². The van der Waals surface area contributed by atoms with E-state index in [9.17, 15) is 8.42 Å². The van der Waals surface area contributed by atoms with Gasteiger partial charge in [0, 0.05) is 51.5 Å². The fourth-order valence-electron chi connectivity index (χ4n) is 4.43. The molecule has 0 bridgehead atoms. The van der Waals surface area contributed by atoms with Gasteiger partial charge in [0.05, 0.1) is 4.90 Å². The Labute approximate surface area is 163 Å². The lowest BCUT2D eigenvalue weighted by atomic mass is 9.99. The van der Waals surface area contributed by atoms with E-state index in [0.29, 0.717) is 36.6 Å². The first-order valence-electron chi connectivity index (χ1n) is 10.2. The summed E-state index contributed by atoms with van der Waals surface area (Å²) in [5.41, 5.74) is 6.76. The maximum Gasteiger partial charge on any atom is 0.243 e. The number of piperidine rings is 1. The van der Waals surface area contributed by atoms with Crippen LogP contribution >= 0.6 is 0 Å². The van der Waals surface area contributed by atoms with E-state index in [1.807, 2.05) is 25.1 Å². The van der Waals surface area contributed by atoms with Crippen LogP contribution in [0.1, 0.15) is 38.2 Å². The summed E-state index contributed by atoms with van der Waals surface area (Å²) in [6.45, 7) is 6.30. The van der Waals surface area contributed by atoms with Crippen LogP contribution in [0.15, 0.2) is 29.2 Å². The number of sulfonamides is 1. The number of benzene rings is 1. The predicted molar refractivity (Wildman–Crippen MR) is 107 cm³/mol. The minimum atomic E-state index is -3.42. The Kier molecular flexibility index (Phi) is 7.28. The molecule has 1 aromatic carbocycles. The largest absolute Gasteiger partial charge is 0.381 e. The van der Waals surface area contributed by atoms with Crippen molar-refractivity contribution in [1.29, 1.82) is 0 Å². The van der Waals surface area contributed by atoms with Gasteiger partial charge in [-0.05, 0) is 43.7 Å². The normalized spacial score (nSPS) is 21.0. The number of hydrogen-bond acceptors (Lipinski definition) is 5. The second kappa shape index (κ2) is 9.47. The third-order valence-electron chi connectivity index (χ3n) is 5.91. The smallest absolute Gasteiger partial charge is 0.243 e. The highest BCUT2D eigenvalue weighted by Gasteiger charge is 2.34. The monoisotopic (exact) mass is 395 g/mol. The average Bonchev–Trinajstić information content (AvgIpc) is 2.72. The zero-order valence-electron chi connectivity index (χ0n) is 16.3. The van der Waals surface area contributed by atoms with Crippen molar-refractivity contribution >= 4 is 10.0 Å². The van der Waals surface area contributed by atoms with Gasteiger partial charge >= 0.3 is 0 Å². The van der Waals surface area contributed by atoms with Crippen molar-refractivity contribution in [2.75, 3.05) is 39.4 Å². The highest BCUT2D eigenvalue weighted by atomic mass is 32.2. The van der Waals surface area contributed by atoms with Crippen LogP contribution in [0, 0.1) is 0 Å². The number of aryl methyl sites for hydroxylation is 1. The van der Waals surface area contributed by atoms with Crippen molar-refractivity contribution < 1.29 is 13.2 Å². The molecule has 3 rings (SSSR count). The van der Waals surface area contributed by atoms with Gasteiger partial charge in [-0.25, -0.2) is 8.42 Å². The molecule has 2 fully saturated rings. The summed E-state index contributed by atoms with van der Waals surface area (Å²) in [7, 11) is -3.42. The molecular formula is C20H33N3O3S. The molecular weight excluding hydrogens is 362 g/mol. The molecule has 0 unspecified atom stereocenters. The van der Waals surface area contributed by atoms with Crippen LogP contribution in [0.4, 0.5) is 0 Å². The number of nitrogens with two attached hydrogens (primary N) is 1. The van der Waals surface area contributed by atoms with E-state index in [-0.39, 0.29) is 0 Å². The molecule has 2 aliphatic heterocycles. The van der Waals surface area contributed by atoms with E-state index < -0.39 is 10.0 Å². The number of rotatable bonds is 7. The van der Waals surface area contributed by atoms with Gasteiger partial charge in [0.15, 0.2) is 0 Å². The van der Waals surface area contributed by atoms with Crippen LogP contribution in [0.5, 0.6) is 0 Å². The summed E-state index contributed by atoms with van der Waals surface area (Å²) in [4.78, 5) is 2.99. The lowest BCUT2D eigenvalue weighted by Crippen LogP contribution is -2.52. The first-order valence-corrected chi connectivity index (χ1v) is 11.6. The quantitative estimate of drug-likeness (QED) is 0.762. The molecule has 0 aromatic heterocycles. The molecule has 0 saturated carbocycles. The van der Waals surface area contributed by atoms with E-state index in [2.05, 4.69) is 4.90 Å². The Morgan fingerprint density at radius 3 is 2.37 bits per heavy atom. The standard InChI is InChI=1S/C20H33N3O3S/c1-2-17-5-3-4-6-20(17)27(24,25)22-12-7-18(8-13-22)23(14-11-21)19-9-15-26-16-10-19/h3-6,18-19H,2,7-16,21H2,1H3. The molecule has 0 radical (unpaired) electrons. The van der Waals surface area contributed by atoms with E-state index in [1.165, 1.54) is 0 Å². The summed E-state index contributed by atoms with van der Waals surface area (Å²) in [6, 6.07) is 8.28. The topological polar surface area (TPSA) is 75.9 Å². The minimum Gasteiger partial charge on any atom is -0.381 e. The van der Waals surface area contributed by atoms with Crippen molar-refractivity contribution in [2.24, 2.45) is 5.73 Å². The summed E-state index contributed by atoms with van der Waals surface area (Å²) < 4.78 is 33.5. The fraction of sp³-hybridized carbons (Fsp3) is 0.700. The van der Waals surface area contributed by atoms with Gasteiger partial charge in [0.1, 0.15) is 0 Å². The number of hydrogen-bond donors (Lipinski definition) is 1. The third kappa shape index (κ3) is 4.71. The van der Waals surface area contributed by atoms with Gasteiger partial charge in [0.25, 0.3) is 0 Å². The highest BCUT2D eigenvalue weighted by molar-refractivity contribution is 7.89. The lowest BCUT2D eigenvalue weighted by Gasteiger charge is -2.43. The Morgan fingerprint density at radius 1 is 1.11 bits per heavy atom. The zero-order valence-corrected chi connectivity index (χ0v) is 17.2. The van der Waals surface area contributed by atoms with Crippen molar-refractivity contribution in [1.82, 2.24) is 9.21 Å². The maximum absolute atomic E-state index is 13.1. The maximum atomic E-state index is 13.1. The first kappa shape index (κ1) is 20.7. The summed E-state index contributed by atoms with van der Waals surface area (Å²) in [5.74, 6) is 0. The van der Waals surface area contributed by atoms with Crippen LogP contribution in [0.3, 0.4) is 0 Å². The molecule has 0 spiro atoms.